The number of esters is 1. The maximum absolute atomic E-state index is 10.5. The normalized spacial score (nSPS) is 10.2. The highest BCUT2D eigenvalue weighted by molar-refractivity contribution is 8.93. The lowest BCUT2D eigenvalue weighted by Gasteiger charge is -2.05. The van der Waals surface area contributed by atoms with Crippen LogP contribution in [0.15, 0.2) is 0 Å². The van der Waals surface area contributed by atoms with Gasteiger partial charge in [-0.15, -0.1) is 24.9 Å². The van der Waals surface area contributed by atoms with Gasteiger partial charge in [0.1, 0.15) is 0 Å². The van der Waals surface area contributed by atoms with Crippen molar-refractivity contribution in [3.63, 3.8) is 0 Å². The topological polar surface area (TPSA) is 26.3 Å². The van der Waals surface area contributed by atoms with E-state index >= 15 is 0 Å². The molecule has 0 radical (unpaired) electrons. The van der Waals surface area contributed by atoms with Crippen LogP contribution in [-0.2, 0) is 9.53 Å². The molecule has 0 fully saturated rings. The molecule has 0 spiro atoms. The fourth-order valence-corrected chi connectivity index (χ4v) is 2.66. The predicted octanol–water partition coefficient (Wildman–Crippen LogP) is 4.99. The summed E-state index contributed by atoms with van der Waals surface area (Å²) < 4.78 is 4.89. The third-order valence-electron chi connectivity index (χ3n) is 2.80. The fourth-order valence-electron chi connectivity index (χ4n) is 1.81. The highest BCUT2D eigenvalue weighted by Gasteiger charge is 1.95. The standard InChI is InChI=1S/C14H29O2P.BrH/c1-14(15)16-12-10-8-6-4-5-7-9-11-13-17(2)3;/h4-13H2,1-3H3;1H. The highest BCUT2D eigenvalue weighted by Crippen LogP contribution is 2.26. The van der Waals surface area contributed by atoms with Crippen molar-refractivity contribution in [3.8, 4) is 0 Å². The Morgan fingerprint density at radius 2 is 1.33 bits per heavy atom. The Hall–Kier alpha value is 0.380. The summed E-state index contributed by atoms with van der Waals surface area (Å²) in [5.41, 5.74) is 0. The maximum atomic E-state index is 10.5. The molecule has 0 bridgehead atoms. The Kier molecular flexibility index (Phi) is 17.7. The third-order valence-corrected chi connectivity index (χ3v) is 4.02. The van der Waals surface area contributed by atoms with Gasteiger partial charge in [-0.1, -0.05) is 38.5 Å². The SMILES string of the molecule is Br.CC(=O)OCCCCCCCCCCP(C)C. The Morgan fingerprint density at radius 1 is 0.889 bits per heavy atom. The number of hydrogen-bond donors (Lipinski definition) is 0. The number of carbonyl (C=O) groups excluding carboxylic acids is 1. The lowest BCUT2D eigenvalue weighted by molar-refractivity contribution is -0.141. The molecule has 0 aliphatic carbocycles. The molecule has 0 saturated heterocycles. The molecular formula is C14H30BrO2P. The van der Waals surface area contributed by atoms with Crippen LogP contribution in [0.25, 0.3) is 0 Å². The van der Waals surface area contributed by atoms with Crippen LogP contribution in [-0.4, -0.2) is 32.1 Å². The van der Waals surface area contributed by atoms with Crippen LogP contribution in [0.1, 0.15) is 58.3 Å². The molecule has 0 rings (SSSR count). The van der Waals surface area contributed by atoms with Crippen LogP contribution >= 0.6 is 24.9 Å². The summed E-state index contributed by atoms with van der Waals surface area (Å²) >= 11 is 0. The van der Waals surface area contributed by atoms with Gasteiger partial charge in [-0.3, -0.25) is 4.79 Å². The second-order valence-electron chi connectivity index (χ2n) is 4.97. The van der Waals surface area contributed by atoms with E-state index in [9.17, 15) is 4.79 Å². The average Bonchev–Trinajstić information content (AvgIpc) is 2.25. The van der Waals surface area contributed by atoms with Gasteiger partial charge in [0.25, 0.3) is 0 Å². The van der Waals surface area contributed by atoms with Crippen LogP contribution in [0.2, 0.25) is 0 Å². The van der Waals surface area contributed by atoms with E-state index in [0.29, 0.717) is 14.5 Å². The zero-order chi connectivity index (χ0) is 12.9. The van der Waals surface area contributed by atoms with Crippen molar-refractivity contribution >= 4 is 30.9 Å². The smallest absolute Gasteiger partial charge is 0.302 e. The van der Waals surface area contributed by atoms with E-state index in [4.69, 9.17) is 4.74 Å². The summed E-state index contributed by atoms with van der Waals surface area (Å²) in [5.74, 6) is -0.156. The van der Waals surface area contributed by atoms with Crippen LogP contribution in [0.4, 0.5) is 0 Å². The number of hydrogen-bond acceptors (Lipinski definition) is 2. The van der Waals surface area contributed by atoms with E-state index in [2.05, 4.69) is 13.3 Å². The summed E-state index contributed by atoms with van der Waals surface area (Å²) in [6.45, 7) is 6.79. The first-order valence-corrected chi connectivity index (χ1v) is 9.33. The summed E-state index contributed by atoms with van der Waals surface area (Å²) in [7, 11) is 0.318. The summed E-state index contributed by atoms with van der Waals surface area (Å²) in [6.07, 6.45) is 11.9. The van der Waals surface area contributed by atoms with Gasteiger partial charge in [0.15, 0.2) is 0 Å². The van der Waals surface area contributed by atoms with Gasteiger partial charge < -0.3 is 4.74 Å². The first-order valence-electron chi connectivity index (χ1n) is 6.91. The largest absolute Gasteiger partial charge is 0.466 e. The molecule has 0 N–H and O–H groups in total. The van der Waals surface area contributed by atoms with Crippen molar-refractivity contribution in [1.82, 2.24) is 0 Å². The van der Waals surface area contributed by atoms with E-state index in [0.717, 1.165) is 6.42 Å². The minimum Gasteiger partial charge on any atom is -0.466 e. The maximum Gasteiger partial charge on any atom is 0.302 e. The van der Waals surface area contributed by atoms with Crippen molar-refractivity contribution in [2.24, 2.45) is 0 Å². The fraction of sp³-hybridized carbons (Fsp3) is 0.929. The molecule has 0 heterocycles. The predicted molar refractivity (Wildman–Crippen MR) is 87.5 cm³/mol. The van der Waals surface area contributed by atoms with Crippen molar-refractivity contribution in [2.45, 2.75) is 58.3 Å². The lowest BCUT2D eigenvalue weighted by Crippen LogP contribution is -2.00. The molecule has 18 heavy (non-hydrogen) atoms. The second-order valence-corrected chi connectivity index (χ2v) is 7.58. The molecular weight excluding hydrogens is 311 g/mol. The van der Waals surface area contributed by atoms with E-state index < -0.39 is 0 Å². The molecule has 0 aliphatic heterocycles. The van der Waals surface area contributed by atoms with Crippen LogP contribution in [0, 0.1) is 0 Å². The lowest BCUT2D eigenvalue weighted by atomic mass is 10.1. The first kappa shape index (κ1) is 20.7. The highest BCUT2D eigenvalue weighted by atomic mass is 79.9. The number of rotatable bonds is 11. The van der Waals surface area contributed by atoms with E-state index in [-0.39, 0.29) is 23.0 Å². The van der Waals surface area contributed by atoms with E-state index in [1.54, 1.807) is 0 Å². The van der Waals surface area contributed by atoms with Gasteiger partial charge in [0.2, 0.25) is 0 Å². The van der Waals surface area contributed by atoms with Crippen molar-refractivity contribution in [1.29, 1.82) is 0 Å². The molecule has 0 aromatic rings. The quantitative estimate of drug-likeness (QED) is 0.301. The van der Waals surface area contributed by atoms with Gasteiger partial charge in [-0.2, -0.15) is 0 Å². The van der Waals surface area contributed by atoms with Gasteiger partial charge in [-0.05, 0) is 32.3 Å². The minimum atomic E-state index is -0.156. The van der Waals surface area contributed by atoms with Crippen molar-refractivity contribution in [2.75, 3.05) is 26.1 Å². The van der Waals surface area contributed by atoms with Gasteiger partial charge in [0.05, 0.1) is 6.61 Å². The van der Waals surface area contributed by atoms with Crippen LogP contribution < -0.4 is 0 Å². The third kappa shape index (κ3) is 18.7. The van der Waals surface area contributed by atoms with Gasteiger partial charge in [0, 0.05) is 6.92 Å². The molecule has 0 saturated carbocycles. The monoisotopic (exact) mass is 340 g/mol. The Bertz CT molecular complexity index is 187. The van der Waals surface area contributed by atoms with Crippen LogP contribution in [0.3, 0.4) is 0 Å². The molecule has 0 atom stereocenters. The van der Waals surface area contributed by atoms with Gasteiger partial charge >= 0.3 is 5.97 Å². The number of halogens is 1. The molecule has 110 valence electrons. The second kappa shape index (κ2) is 15.4. The molecule has 0 aromatic heterocycles. The number of unbranched alkanes of at least 4 members (excludes halogenated alkanes) is 7. The zero-order valence-corrected chi connectivity index (χ0v) is 14.9. The average molecular weight is 341 g/mol. The molecule has 0 aliphatic rings. The minimum absolute atomic E-state index is 0. The van der Waals surface area contributed by atoms with E-state index in [1.165, 1.54) is 58.0 Å². The van der Waals surface area contributed by atoms with Crippen LogP contribution in [0.5, 0.6) is 0 Å². The summed E-state index contributed by atoms with van der Waals surface area (Å²) in [4.78, 5) is 10.5. The molecule has 2 nitrogen and oxygen atoms in total. The number of ether oxygens (including phenoxy) is 1. The summed E-state index contributed by atoms with van der Waals surface area (Å²) in [5, 5.41) is 0. The summed E-state index contributed by atoms with van der Waals surface area (Å²) in [6, 6.07) is 0. The van der Waals surface area contributed by atoms with E-state index in [1.807, 2.05) is 0 Å². The Labute approximate surface area is 125 Å². The molecule has 0 amide bonds. The molecule has 0 unspecified atom stereocenters. The molecule has 4 heteroatoms. The number of carbonyl (C=O) groups is 1. The van der Waals surface area contributed by atoms with Crippen molar-refractivity contribution < 1.29 is 9.53 Å². The molecule has 0 aromatic carbocycles. The van der Waals surface area contributed by atoms with Crippen molar-refractivity contribution in [3.05, 3.63) is 0 Å². The zero-order valence-electron chi connectivity index (χ0n) is 12.2. The first-order chi connectivity index (χ1) is 8.13. The Balaban J connectivity index is 0. The Morgan fingerprint density at radius 3 is 1.78 bits per heavy atom. The van der Waals surface area contributed by atoms with Gasteiger partial charge in [-0.25, -0.2) is 0 Å².